The molecule has 8 heteroatoms. The Morgan fingerprint density at radius 2 is 1.86 bits per heavy atom. The standard InChI is InChI=1S/C21H23N5O3/c22-13-16-19(17(14-23)21(27)25-20(16)24)15-5-1-2-6-18(15)29-10-4-3-7-26-8-11-28-12-9-26/h1-2,5-6H,3-4,7-12H2,(H3,24,25,27). The Morgan fingerprint density at radius 3 is 2.59 bits per heavy atom. The van der Waals surface area contributed by atoms with Crippen molar-refractivity contribution in [1.29, 1.82) is 10.5 Å². The number of aromatic nitrogens is 1. The number of hydrogen-bond donors (Lipinski definition) is 2. The molecule has 0 unspecified atom stereocenters. The molecule has 1 aromatic heterocycles. The lowest BCUT2D eigenvalue weighted by Gasteiger charge is -2.26. The summed E-state index contributed by atoms with van der Waals surface area (Å²) in [4.78, 5) is 16.9. The highest BCUT2D eigenvalue weighted by Crippen LogP contribution is 2.35. The number of aromatic amines is 1. The van der Waals surface area contributed by atoms with Gasteiger partial charge in [-0.3, -0.25) is 9.69 Å². The van der Waals surface area contributed by atoms with Crippen molar-refractivity contribution < 1.29 is 9.47 Å². The van der Waals surface area contributed by atoms with E-state index in [1.165, 1.54) is 0 Å². The fourth-order valence-electron chi connectivity index (χ4n) is 3.36. The van der Waals surface area contributed by atoms with Gasteiger partial charge in [0.15, 0.2) is 0 Å². The van der Waals surface area contributed by atoms with Crippen molar-refractivity contribution >= 4 is 5.82 Å². The van der Waals surface area contributed by atoms with Crippen LogP contribution in [0.3, 0.4) is 0 Å². The minimum Gasteiger partial charge on any atom is -0.493 e. The highest BCUT2D eigenvalue weighted by molar-refractivity contribution is 5.83. The molecular weight excluding hydrogens is 370 g/mol. The highest BCUT2D eigenvalue weighted by Gasteiger charge is 2.20. The van der Waals surface area contributed by atoms with E-state index in [0.29, 0.717) is 17.9 Å². The summed E-state index contributed by atoms with van der Waals surface area (Å²) in [6, 6.07) is 10.9. The Bertz CT molecular complexity index is 997. The van der Waals surface area contributed by atoms with E-state index in [1.807, 2.05) is 12.1 Å². The van der Waals surface area contributed by atoms with Crippen LogP contribution in [0.2, 0.25) is 0 Å². The van der Waals surface area contributed by atoms with Crippen molar-refractivity contribution in [2.24, 2.45) is 0 Å². The average Bonchev–Trinajstić information content (AvgIpc) is 2.74. The van der Waals surface area contributed by atoms with Crippen molar-refractivity contribution in [2.45, 2.75) is 12.8 Å². The van der Waals surface area contributed by atoms with Gasteiger partial charge < -0.3 is 20.2 Å². The number of nitrogens with two attached hydrogens (primary N) is 1. The molecule has 0 aliphatic carbocycles. The van der Waals surface area contributed by atoms with E-state index in [-0.39, 0.29) is 22.5 Å². The van der Waals surface area contributed by atoms with Gasteiger partial charge in [0.2, 0.25) is 0 Å². The van der Waals surface area contributed by atoms with E-state index in [0.717, 1.165) is 45.7 Å². The number of ether oxygens (including phenoxy) is 2. The molecule has 0 atom stereocenters. The molecule has 0 bridgehead atoms. The molecule has 0 radical (unpaired) electrons. The molecule has 0 saturated carbocycles. The molecule has 0 spiro atoms. The normalized spacial score (nSPS) is 14.1. The first kappa shape index (κ1) is 20.4. The van der Waals surface area contributed by atoms with Crippen LogP contribution in [0.15, 0.2) is 29.1 Å². The summed E-state index contributed by atoms with van der Waals surface area (Å²) in [5.41, 5.74) is 5.81. The molecule has 8 nitrogen and oxygen atoms in total. The van der Waals surface area contributed by atoms with Gasteiger partial charge in [-0.25, -0.2) is 0 Å². The van der Waals surface area contributed by atoms with Crippen LogP contribution in [0.25, 0.3) is 11.1 Å². The minimum absolute atomic E-state index is 0.0597. The molecule has 1 aliphatic heterocycles. The van der Waals surface area contributed by atoms with E-state index in [2.05, 4.69) is 9.88 Å². The lowest BCUT2D eigenvalue weighted by molar-refractivity contribution is 0.0368. The Balaban J connectivity index is 1.76. The molecule has 2 heterocycles. The summed E-state index contributed by atoms with van der Waals surface area (Å²) in [5.74, 6) is 0.448. The van der Waals surface area contributed by atoms with Gasteiger partial charge in [-0.2, -0.15) is 10.5 Å². The largest absolute Gasteiger partial charge is 0.493 e. The number of anilines is 1. The van der Waals surface area contributed by atoms with Gasteiger partial charge in [0.05, 0.1) is 19.8 Å². The summed E-state index contributed by atoms with van der Waals surface area (Å²) >= 11 is 0. The van der Waals surface area contributed by atoms with Crippen molar-refractivity contribution in [2.75, 3.05) is 45.2 Å². The van der Waals surface area contributed by atoms with E-state index in [4.69, 9.17) is 15.2 Å². The zero-order chi connectivity index (χ0) is 20.6. The smallest absolute Gasteiger partial charge is 0.268 e. The van der Waals surface area contributed by atoms with E-state index in [1.54, 1.807) is 24.3 Å². The topological polar surface area (TPSA) is 128 Å². The number of H-pyrrole nitrogens is 1. The molecule has 29 heavy (non-hydrogen) atoms. The van der Waals surface area contributed by atoms with Crippen LogP contribution in [0.1, 0.15) is 24.0 Å². The molecule has 2 aromatic rings. The van der Waals surface area contributed by atoms with Gasteiger partial charge in [0, 0.05) is 24.2 Å². The van der Waals surface area contributed by atoms with E-state index >= 15 is 0 Å². The number of rotatable bonds is 7. The maximum atomic E-state index is 12.2. The second-order valence-corrected chi connectivity index (χ2v) is 6.72. The molecule has 1 fully saturated rings. The van der Waals surface area contributed by atoms with Gasteiger partial charge in [0.25, 0.3) is 5.56 Å². The third-order valence-corrected chi connectivity index (χ3v) is 4.85. The Kier molecular flexibility index (Phi) is 6.85. The zero-order valence-electron chi connectivity index (χ0n) is 16.1. The molecule has 0 amide bonds. The molecule has 1 aliphatic rings. The molecule has 3 rings (SSSR count). The quantitative estimate of drug-likeness (QED) is 0.687. The fourth-order valence-corrected chi connectivity index (χ4v) is 3.36. The van der Waals surface area contributed by atoms with Gasteiger partial charge in [0.1, 0.15) is 34.8 Å². The van der Waals surface area contributed by atoms with Gasteiger partial charge in [-0.05, 0) is 25.5 Å². The van der Waals surface area contributed by atoms with Crippen LogP contribution in [0, 0.1) is 22.7 Å². The fraction of sp³-hybridized carbons (Fsp3) is 0.381. The van der Waals surface area contributed by atoms with Crippen molar-refractivity contribution in [3.05, 3.63) is 45.7 Å². The second-order valence-electron chi connectivity index (χ2n) is 6.72. The zero-order valence-corrected chi connectivity index (χ0v) is 16.1. The average molecular weight is 393 g/mol. The maximum absolute atomic E-state index is 12.2. The number of hydrogen-bond acceptors (Lipinski definition) is 7. The van der Waals surface area contributed by atoms with Crippen LogP contribution >= 0.6 is 0 Å². The van der Waals surface area contributed by atoms with Crippen LogP contribution in [0.4, 0.5) is 5.82 Å². The van der Waals surface area contributed by atoms with E-state index in [9.17, 15) is 15.3 Å². The number of morpholine rings is 1. The van der Waals surface area contributed by atoms with Crippen molar-refractivity contribution in [1.82, 2.24) is 9.88 Å². The third-order valence-electron chi connectivity index (χ3n) is 4.85. The lowest BCUT2D eigenvalue weighted by Crippen LogP contribution is -2.36. The first-order valence-electron chi connectivity index (χ1n) is 9.54. The first-order valence-corrected chi connectivity index (χ1v) is 9.54. The molecule has 150 valence electrons. The van der Waals surface area contributed by atoms with Gasteiger partial charge in [-0.15, -0.1) is 0 Å². The van der Waals surface area contributed by atoms with Gasteiger partial charge >= 0.3 is 0 Å². The molecule has 1 saturated heterocycles. The Hall–Kier alpha value is -3.33. The van der Waals surface area contributed by atoms with Gasteiger partial charge in [-0.1, -0.05) is 18.2 Å². The molecular formula is C21H23N5O3. The predicted octanol–water partition coefficient (Wildman–Crippen LogP) is 1.86. The summed E-state index contributed by atoms with van der Waals surface area (Å²) in [6.07, 6.45) is 1.85. The minimum atomic E-state index is -0.626. The Morgan fingerprint density at radius 1 is 1.14 bits per heavy atom. The predicted molar refractivity (Wildman–Crippen MR) is 108 cm³/mol. The van der Waals surface area contributed by atoms with Crippen LogP contribution < -0.4 is 16.0 Å². The van der Waals surface area contributed by atoms with Crippen LogP contribution in [-0.2, 0) is 4.74 Å². The third kappa shape index (κ3) is 4.75. The number of benzene rings is 1. The lowest BCUT2D eigenvalue weighted by atomic mass is 9.96. The van der Waals surface area contributed by atoms with E-state index < -0.39 is 5.56 Å². The number of pyridine rings is 1. The van der Waals surface area contributed by atoms with Crippen molar-refractivity contribution in [3.8, 4) is 29.0 Å². The number of nitriles is 2. The summed E-state index contributed by atoms with van der Waals surface area (Å²) in [5, 5.41) is 19.0. The number of nitrogens with one attached hydrogen (secondary N) is 1. The second kappa shape index (κ2) is 9.74. The number of nitrogen functional groups attached to an aromatic ring is 1. The van der Waals surface area contributed by atoms with Crippen LogP contribution in [-0.4, -0.2) is 49.3 Å². The van der Waals surface area contributed by atoms with Crippen LogP contribution in [0.5, 0.6) is 5.75 Å². The number of unbranched alkanes of at least 4 members (excludes halogenated alkanes) is 1. The van der Waals surface area contributed by atoms with Crippen molar-refractivity contribution in [3.63, 3.8) is 0 Å². The molecule has 3 N–H and O–H groups in total. The first-order chi connectivity index (χ1) is 14.2. The summed E-state index contributed by atoms with van der Waals surface area (Å²) in [7, 11) is 0. The summed E-state index contributed by atoms with van der Waals surface area (Å²) in [6.45, 7) is 4.97. The monoisotopic (exact) mass is 393 g/mol. The summed E-state index contributed by atoms with van der Waals surface area (Å²) < 4.78 is 11.3. The maximum Gasteiger partial charge on any atom is 0.268 e. The molecule has 1 aromatic carbocycles. The highest BCUT2D eigenvalue weighted by atomic mass is 16.5. The Labute approximate surface area is 169 Å². The number of nitrogens with zero attached hydrogens (tertiary/aromatic N) is 3. The SMILES string of the molecule is N#Cc1c(N)[nH]c(=O)c(C#N)c1-c1ccccc1OCCCCN1CCOCC1. The number of para-hydroxylation sites is 1.